The Hall–Kier alpha value is -1.84. The second kappa shape index (κ2) is 10.9. The summed E-state index contributed by atoms with van der Waals surface area (Å²) < 4.78 is 0. The number of hydrogen-bond donors (Lipinski definition) is 2. The second-order valence-corrected chi connectivity index (χ2v) is 6.85. The van der Waals surface area contributed by atoms with Gasteiger partial charge in [-0.15, -0.1) is 0 Å². The van der Waals surface area contributed by atoms with Crippen LogP contribution in [0.2, 0.25) is 0 Å². The van der Waals surface area contributed by atoms with Crippen LogP contribution in [-0.4, -0.2) is 28.6 Å². The fourth-order valence-corrected chi connectivity index (χ4v) is 3.05. The Bertz CT molecular complexity index is 601. The van der Waals surface area contributed by atoms with Crippen LogP contribution < -0.4 is 5.73 Å². The lowest BCUT2D eigenvalue weighted by Gasteiger charge is -2.28. The monoisotopic (exact) mass is 342 g/mol. The first kappa shape index (κ1) is 21.2. The molecule has 3 heteroatoms. The summed E-state index contributed by atoms with van der Waals surface area (Å²) in [5.41, 5.74) is 8.74. The maximum Gasteiger partial charge on any atom is 0.119 e. The highest BCUT2D eigenvalue weighted by molar-refractivity contribution is 5.39. The summed E-state index contributed by atoms with van der Waals surface area (Å²) in [4.78, 5) is 2.46. The van der Waals surface area contributed by atoms with Crippen molar-refractivity contribution in [3.63, 3.8) is 0 Å². The summed E-state index contributed by atoms with van der Waals surface area (Å²) in [6, 6.07) is 17.0. The van der Waals surface area contributed by atoms with Gasteiger partial charge >= 0.3 is 0 Å². The summed E-state index contributed by atoms with van der Waals surface area (Å²) in [7, 11) is 0. The lowest BCUT2D eigenvalue weighted by Crippen LogP contribution is -2.36. The van der Waals surface area contributed by atoms with Crippen LogP contribution in [0.4, 0.5) is 0 Å². The minimum atomic E-state index is 0.334. The van der Waals surface area contributed by atoms with Gasteiger partial charge in [0.1, 0.15) is 5.75 Å². The number of nitrogens with zero attached hydrogens (tertiary/aromatic N) is 1. The third-order valence-electron chi connectivity index (χ3n) is 4.31. The van der Waals surface area contributed by atoms with Crippen LogP contribution in [0.3, 0.4) is 0 Å². The number of nitrogens with two attached hydrogens (primary N) is 1. The Morgan fingerprint density at radius 1 is 0.920 bits per heavy atom. The van der Waals surface area contributed by atoms with E-state index in [1.165, 1.54) is 5.56 Å². The van der Waals surface area contributed by atoms with Gasteiger partial charge in [-0.05, 0) is 57.0 Å². The molecule has 138 valence electrons. The van der Waals surface area contributed by atoms with E-state index in [-0.39, 0.29) is 0 Å². The zero-order valence-corrected chi connectivity index (χ0v) is 16.4. The Labute approximate surface area is 153 Å². The lowest BCUT2D eigenvalue weighted by molar-refractivity contribution is 0.185. The number of phenolic OH excluding ortho intramolecular Hbond substituents is 1. The largest absolute Gasteiger partial charge is 0.508 e. The summed E-state index contributed by atoms with van der Waals surface area (Å²) in [6.45, 7) is 12.8. The van der Waals surface area contributed by atoms with Crippen LogP contribution >= 0.6 is 0 Å². The third-order valence-corrected chi connectivity index (χ3v) is 4.31. The number of benzene rings is 2. The molecule has 0 bridgehead atoms. The third kappa shape index (κ3) is 7.29. The van der Waals surface area contributed by atoms with Crippen molar-refractivity contribution < 1.29 is 5.11 Å². The molecule has 0 aliphatic heterocycles. The molecular weight excluding hydrogens is 308 g/mol. The molecule has 0 aliphatic rings. The lowest BCUT2D eigenvalue weighted by atomic mass is 10.0. The van der Waals surface area contributed by atoms with Gasteiger partial charge in [-0.3, -0.25) is 4.90 Å². The van der Waals surface area contributed by atoms with E-state index in [1.807, 2.05) is 30.3 Å². The molecule has 0 aromatic heterocycles. The normalized spacial score (nSPS) is 10.9. The van der Waals surface area contributed by atoms with Gasteiger partial charge in [0.05, 0.1) is 0 Å². The minimum Gasteiger partial charge on any atom is -0.508 e. The first-order chi connectivity index (χ1) is 11.9. The quantitative estimate of drug-likeness (QED) is 0.808. The highest BCUT2D eigenvalue weighted by Gasteiger charge is 2.09. The summed E-state index contributed by atoms with van der Waals surface area (Å²) in [6.07, 6.45) is 0.737. The maximum absolute atomic E-state index is 9.75. The molecular formula is C22H34N2O. The van der Waals surface area contributed by atoms with E-state index in [1.54, 1.807) is 6.07 Å². The molecule has 0 radical (unpaired) electrons. The van der Waals surface area contributed by atoms with Gasteiger partial charge < -0.3 is 10.8 Å². The van der Waals surface area contributed by atoms with Gasteiger partial charge in [-0.2, -0.15) is 0 Å². The van der Waals surface area contributed by atoms with Crippen molar-refractivity contribution in [2.24, 2.45) is 5.73 Å². The number of rotatable bonds is 6. The number of phenols is 1. The summed E-state index contributed by atoms with van der Waals surface area (Å²) in [5, 5.41) is 9.75. The van der Waals surface area contributed by atoms with Crippen molar-refractivity contribution in [1.82, 2.24) is 4.90 Å². The molecule has 0 fully saturated rings. The molecule has 3 nitrogen and oxygen atoms in total. The highest BCUT2D eigenvalue weighted by Crippen LogP contribution is 2.21. The van der Waals surface area contributed by atoms with Crippen molar-refractivity contribution in [1.29, 1.82) is 0 Å². The Morgan fingerprint density at radius 2 is 1.52 bits per heavy atom. The number of aromatic hydroxyl groups is 1. The molecule has 2 rings (SSSR count). The zero-order chi connectivity index (χ0) is 18.8. The molecule has 0 unspecified atom stereocenters. The Kier molecular flexibility index (Phi) is 9.25. The van der Waals surface area contributed by atoms with Gasteiger partial charge in [-0.25, -0.2) is 0 Å². The molecule has 0 saturated heterocycles. The fourth-order valence-electron chi connectivity index (χ4n) is 3.05. The topological polar surface area (TPSA) is 49.5 Å². The predicted molar refractivity (Wildman–Crippen MR) is 108 cm³/mol. The first-order valence-corrected chi connectivity index (χ1v) is 9.19. The SMILES string of the molecule is CCN(C(C)C)C(C)C.NCc1ccc(O)c(Cc2ccccc2)c1. The summed E-state index contributed by atoms with van der Waals surface area (Å²) in [5.74, 6) is 0.334. The van der Waals surface area contributed by atoms with Crippen molar-refractivity contribution >= 4 is 0 Å². The minimum absolute atomic E-state index is 0.334. The van der Waals surface area contributed by atoms with E-state index in [9.17, 15) is 5.11 Å². The average Bonchev–Trinajstić information content (AvgIpc) is 2.58. The average molecular weight is 343 g/mol. The van der Waals surface area contributed by atoms with Gasteiger partial charge in [0, 0.05) is 25.0 Å². The van der Waals surface area contributed by atoms with Crippen molar-refractivity contribution in [3.05, 3.63) is 65.2 Å². The van der Waals surface area contributed by atoms with Gasteiger partial charge in [0.25, 0.3) is 0 Å². The molecule has 0 aliphatic carbocycles. The van der Waals surface area contributed by atoms with E-state index in [0.29, 0.717) is 24.4 Å². The smallest absolute Gasteiger partial charge is 0.119 e. The van der Waals surface area contributed by atoms with Crippen molar-refractivity contribution in [2.75, 3.05) is 6.54 Å². The molecule has 0 heterocycles. The van der Waals surface area contributed by atoms with E-state index >= 15 is 0 Å². The molecule has 0 saturated carbocycles. The van der Waals surface area contributed by atoms with E-state index in [4.69, 9.17) is 5.73 Å². The molecule has 25 heavy (non-hydrogen) atoms. The van der Waals surface area contributed by atoms with Gasteiger partial charge in [0.15, 0.2) is 0 Å². The van der Waals surface area contributed by atoms with Crippen LogP contribution in [-0.2, 0) is 13.0 Å². The van der Waals surface area contributed by atoms with Gasteiger partial charge in [-0.1, -0.05) is 49.4 Å². The van der Waals surface area contributed by atoms with E-state index in [0.717, 1.165) is 24.1 Å². The van der Waals surface area contributed by atoms with Gasteiger partial charge in [0.2, 0.25) is 0 Å². The van der Waals surface area contributed by atoms with Crippen LogP contribution in [0.5, 0.6) is 5.75 Å². The second-order valence-electron chi connectivity index (χ2n) is 6.85. The Morgan fingerprint density at radius 3 is 1.96 bits per heavy atom. The summed E-state index contributed by atoms with van der Waals surface area (Å²) >= 11 is 0. The molecule has 3 N–H and O–H groups in total. The molecule has 0 spiro atoms. The molecule has 2 aromatic carbocycles. The zero-order valence-electron chi connectivity index (χ0n) is 16.4. The van der Waals surface area contributed by atoms with E-state index < -0.39 is 0 Å². The molecule has 0 atom stereocenters. The van der Waals surface area contributed by atoms with Crippen LogP contribution in [0.1, 0.15) is 51.3 Å². The Balaban J connectivity index is 0.000000299. The highest BCUT2D eigenvalue weighted by atomic mass is 16.3. The van der Waals surface area contributed by atoms with Crippen LogP contribution in [0.25, 0.3) is 0 Å². The van der Waals surface area contributed by atoms with Crippen LogP contribution in [0, 0.1) is 0 Å². The first-order valence-electron chi connectivity index (χ1n) is 9.19. The molecule has 0 amide bonds. The molecule has 2 aromatic rings. The van der Waals surface area contributed by atoms with Crippen LogP contribution in [0.15, 0.2) is 48.5 Å². The van der Waals surface area contributed by atoms with Crippen molar-refractivity contribution in [3.8, 4) is 5.75 Å². The van der Waals surface area contributed by atoms with Crippen molar-refractivity contribution in [2.45, 2.75) is 59.7 Å². The maximum atomic E-state index is 9.75. The predicted octanol–water partition coefficient (Wildman–Crippen LogP) is 4.57. The number of hydrogen-bond acceptors (Lipinski definition) is 3. The van der Waals surface area contributed by atoms with E-state index in [2.05, 4.69) is 51.7 Å². The fraction of sp³-hybridized carbons (Fsp3) is 0.455. The standard InChI is InChI=1S/C14H15NO.C8H19N/c15-10-12-6-7-14(16)13(9-12)8-11-4-2-1-3-5-11;1-6-9(7(2)3)8(4)5/h1-7,9,16H,8,10,15H2;7-8H,6H2,1-5H3.